The molecule has 2 aromatic carbocycles. The Bertz CT molecular complexity index is 807. The molecule has 0 radical (unpaired) electrons. The molecule has 0 aliphatic rings. The van der Waals surface area contributed by atoms with Gasteiger partial charge in [-0.1, -0.05) is 6.07 Å². The summed E-state index contributed by atoms with van der Waals surface area (Å²) in [5.74, 6) is -1.64. The van der Waals surface area contributed by atoms with Crippen molar-refractivity contribution in [3.8, 4) is 5.69 Å². The maximum atomic E-state index is 13.9. The van der Waals surface area contributed by atoms with Crippen LogP contribution in [0.4, 0.5) is 13.2 Å². The van der Waals surface area contributed by atoms with Gasteiger partial charge in [0.05, 0.1) is 16.6 Å². The molecule has 1 aromatic heterocycles. The van der Waals surface area contributed by atoms with Gasteiger partial charge in [0.15, 0.2) is 5.82 Å². The lowest BCUT2D eigenvalue weighted by Gasteiger charge is -2.11. The smallest absolute Gasteiger partial charge is 0.151 e. The third-order valence-corrected chi connectivity index (χ3v) is 3.32. The van der Waals surface area contributed by atoms with Crippen LogP contribution in [-0.4, -0.2) is 9.55 Å². The standard InChI is InChI=1S/C15H10ClF3N2/c1-8(16)15-20-14-12(19)3-2-4-13(14)21(15)11-6-9(17)5-10(18)7-11/h2-8H,1H3. The van der Waals surface area contributed by atoms with Crippen LogP contribution in [0, 0.1) is 17.5 Å². The van der Waals surface area contributed by atoms with Crippen molar-refractivity contribution < 1.29 is 13.2 Å². The molecule has 0 aliphatic heterocycles. The molecule has 0 spiro atoms. The van der Waals surface area contributed by atoms with Gasteiger partial charge in [-0.15, -0.1) is 11.6 Å². The van der Waals surface area contributed by atoms with Crippen LogP contribution in [0.3, 0.4) is 0 Å². The number of alkyl halides is 1. The zero-order valence-corrected chi connectivity index (χ0v) is 11.7. The van der Waals surface area contributed by atoms with Crippen molar-refractivity contribution in [2.24, 2.45) is 0 Å². The van der Waals surface area contributed by atoms with Crippen LogP contribution in [0.15, 0.2) is 36.4 Å². The fourth-order valence-electron chi connectivity index (χ4n) is 2.29. The summed E-state index contributed by atoms with van der Waals surface area (Å²) >= 11 is 6.07. The summed E-state index contributed by atoms with van der Waals surface area (Å²) in [6.07, 6.45) is 0. The maximum absolute atomic E-state index is 13.9. The average molecular weight is 311 g/mol. The van der Waals surface area contributed by atoms with Gasteiger partial charge in [0, 0.05) is 6.07 Å². The summed E-state index contributed by atoms with van der Waals surface area (Å²) in [5.41, 5.74) is 0.732. The van der Waals surface area contributed by atoms with Gasteiger partial charge in [-0.05, 0) is 31.2 Å². The number of rotatable bonds is 2. The van der Waals surface area contributed by atoms with E-state index in [1.54, 1.807) is 13.0 Å². The normalized spacial score (nSPS) is 12.8. The minimum absolute atomic E-state index is 0.115. The molecule has 2 nitrogen and oxygen atoms in total. The highest BCUT2D eigenvalue weighted by atomic mass is 35.5. The maximum Gasteiger partial charge on any atom is 0.151 e. The van der Waals surface area contributed by atoms with E-state index in [4.69, 9.17) is 11.6 Å². The van der Waals surface area contributed by atoms with E-state index in [2.05, 4.69) is 4.98 Å². The van der Waals surface area contributed by atoms with E-state index in [-0.39, 0.29) is 11.2 Å². The third kappa shape index (κ3) is 2.38. The minimum atomic E-state index is -0.726. The summed E-state index contributed by atoms with van der Waals surface area (Å²) in [6.45, 7) is 1.66. The van der Waals surface area contributed by atoms with Crippen molar-refractivity contribution in [3.63, 3.8) is 0 Å². The van der Waals surface area contributed by atoms with Crippen molar-refractivity contribution in [1.82, 2.24) is 9.55 Å². The fraction of sp³-hybridized carbons (Fsp3) is 0.133. The molecule has 0 N–H and O–H groups in total. The molecule has 21 heavy (non-hydrogen) atoms. The first kappa shape index (κ1) is 13.9. The number of para-hydroxylation sites is 1. The van der Waals surface area contributed by atoms with Crippen LogP contribution in [0.5, 0.6) is 0 Å². The monoisotopic (exact) mass is 310 g/mol. The number of nitrogens with zero attached hydrogens (tertiary/aromatic N) is 2. The first-order valence-electron chi connectivity index (χ1n) is 6.25. The second-order valence-corrected chi connectivity index (χ2v) is 5.31. The van der Waals surface area contributed by atoms with E-state index in [0.29, 0.717) is 11.3 Å². The zero-order chi connectivity index (χ0) is 15.1. The van der Waals surface area contributed by atoms with Gasteiger partial charge < -0.3 is 0 Å². The SMILES string of the molecule is CC(Cl)c1nc2c(F)cccc2n1-c1cc(F)cc(F)c1. The van der Waals surface area contributed by atoms with Crippen LogP contribution in [-0.2, 0) is 0 Å². The highest BCUT2D eigenvalue weighted by Crippen LogP contribution is 2.29. The number of hydrogen-bond acceptors (Lipinski definition) is 1. The van der Waals surface area contributed by atoms with Gasteiger partial charge in [-0.2, -0.15) is 0 Å². The Hall–Kier alpha value is -2.01. The predicted molar refractivity (Wildman–Crippen MR) is 75.2 cm³/mol. The Balaban J connectivity index is 2.39. The summed E-state index contributed by atoms with van der Waals surface area (Å²) in [6, 6.07) is 7.47. The first-order valence-corrected chi connectivity index (χ1v) is 6.68. The lowest BCUT2D eigenvalue weighted by Crippen LogP contribution is -2.03. The number of benzene rings is 2. The van der Waals surface area contributed by atoms with Crippen molar-refractivity contribution in [2.45, 2.75) is 12.3 Å². The van der Waals surface area contributed by atoms with Gasteiger partial charge in [0.1, 0.15) is 23.0 Å². The average Bonchev–Trinajstić information content (AvgIpc) is 2.78. The first-order chi connectivity index (χ1) is 9.97. The van der Waals surface area contributed by atoms with E-state index in [1.807, 2.05) is 0 Å². The number of fused-ring (bicyclic) bond motifs is 1. The summed E-state index contributed by atoms with van der Waals surface area (Å²) < 4.78 is 42.2. The third-order valence-electron chi connectivity index (χ3n) is 3.12. The van der Waals surface area contributed by atoms with E-state index >= 15 is 0 Å². The van der Waals surface area contributed by atoms with Crippen LogP contribution >= 0.6 is 11.6 Å². The highest BCUT2D eigenvalue weighted by Gasteiger charge is 2.19. The summed E-state index contributed by atoms with van der Waals surface area (Å²) in [5, 5.41) is -0.553. The van der Waals surface area contributed by atoms with Crippen molar-refractivity contribution in [2.75, 3.05) is 0 Å². The highest BCUT2D eigenvalue weighted by molar-refractivity contribution is 6.20. The summed E-state index contributed by atoms with van der Waals surface area (Å²) in [4.78, 5) is 4.16. The molecule has 3 rings (SSSR count). The molecule has 3 aromatic rings. The molecule has 0 bridgehead atoms. The number of halogens is 4. The Morgan fingerprint density at radius 1 is 1.10 bits per heavy atom. The van der Waals surface area contributed by atoms with Crippen LogP contribution < -0.4 is 0 Å². The quantitative estimate of drug-likeness (QED) is 0.625. The molecule has 1 heterocycles. The molecule has 1 unspecified atom stereocenters. The Kier molecular flexibility index (Phi) is 3.37. The fourth-order valence-corrected chi connectivity index (χ4v) is 2.44. The lowest BCUT2D eigenvalue weighted by molar-refractivity contribution is 0.581. The van der Waals surface area contributed by atoms with Crippen molar-refractivity contribution >= 4 is 22.6 Å². The van der Waals surface area contributed by atoms with Gasteiger partial charge in [-0.3, -0.25) is 4.57 Å². The molecular formula is C15H10ClF3N2. The second-order valence-electron chi connectivity index (χ2n) is 4.66. The van der Waals surface area contributed by atoms with Crippen LogP contribution in [0.1, 0.15) is 18.1 Å². The van der Waals surface area contributed by atoms with E-state index < -0.39 is 22.8 Å². The molecule has 6 heteroatoms. The molecule has 108 valence electrons. The van der Waals surface area contributed by atoms with Gasteiger partial charge in [-0.25, -0.2) is 18.2 Å². The van der Waals surface area contributed by atoms with Crippen molar-refractivity contribution in [1.29, 1.82) is 0 Å². The molecule has 0 saturated carbocycles. The Morgan fingerprint density at radius 3 is 2.38 bits per heavy atom. The topological polar surface area (TPSA) is 17.8 Å². The molecular weight excluding hydrogens is 301 g/mol. The van der Waals surface area contributed by atoms with E-state index in [9.17, 15) is 13.2 Å². The molecule has 1 atom stereocenters. The van der Waals surface area contributed by atoms with Crippen LogP contribution in [0.2, 0.25) is 0 Å². The molecule has 0 amide bonds. The lowest BCUT2D eigenvalue weighted by atomic mass is 10.2. The molecule has 0 saturated heterocycles. The van der Waals surface area contributed by atoms with Gasteiger partial charge in [0.25, 0.3) is 0 Å². The predicted octanol–water partition coefficient (Wildman–Crippen LogP) is 4.74. The zero-order valence-electron chi connectivity index (χ0n) is 10.9. The Morgan fingerprint density at radius 2 is 1.76 bits per heavy atom. The number of hydrogen-bond donors (Lipinski definition) is 0. The molecule has 0 aliphatic carbocycles. The number of imidazole rings is 1. The van der Waals surface area contributed by atoms with Crippen molar-refractivity contribution in [3.05, 3.63) is 59.7 Å². The number of aromatic nitrogens is 2. The second kappa shape index (κ2) is 5.07. The summed E-state index contributed by atoms with van der Waals surface area (Å²) in [7, 11) is 0. The van der Waals surface area contributed by atoms with E-state index in [0.717, 1.165) is 18.2 Å². The largest absolute Gasteiger partial charge is 0.295 e. The molecule has 0 fully saturated rings. The van der Waals surface area contributed by atoms with Gasteiger partial charge in [0.2, 0.25) is 0 Å². The van der Waals surface area contributed by atoms with Gasteiger partial charge >= 0.3 is 0 Å². The Labute approximate surface area is 123 Å². The minimum Gasteiger partial charge on any atom is -0.295 e. The van der Waals surface area contributed by atoms with Crippen LogP contribution in [0.25, 0.3) is 16.7 Å². The van der Waals surface area contributed by atoms with E-state index in [1.165, 1.54) is 16.7 Å².